The first-order valence-corrected chi connectivity index (χ1v) is 6.73. The summed E-state index contributed by atoms with van der Waals surface area (Å²) in [4.78, 5) is 11.4. The Morgan fingerprint density at radius 1 is 1.24 bits per heavy atom. The highest BCUT2D eigenvalue weighted by Gasteiger charge is 2.10. The lowest BCUT2D eigenvalue weighted by Gasteiger charge is -2.09. The van der Waals surface area contributed by atoms with Crippen LogP contribution in [0.15, 0.2) is 42.5 Å². The standard InChI is InChI=1S/C16H14ClFO3/c1-20-16(19)12-5-6-14(18)15(10-12)21-8-7-11-3-2-4-13(17)9-11/h2-6,9-10H,7-8H2,1H3. The molecule has 0 aliphatic heterocycles. The lowest BCUT2D eigenvalue weighted by Crippen LogP contribution is -2.06. The summed E-state index contributed by atoms with van der Waals surface area (Å²) in [5.41, 5.74) is 1.24. The van der Waals surface area contributed by atoms with Crippen LogP contribution in [0.2, 0.25) is 5.02 Å². The minimum absolute atomic E-state index is 0.0277. The molecule has 0 atom stereocenters. The lowest BCUT2D eigenvalue weighted by atomic mass is 10.1. The summed E-state index contributed by atoms with van der Waals surface area (Å²) in [6.45, 7) is 0.280. The van der Waals surface area contributed by atoms with Gasteiger partial charge in [0.05, 0.1) is 19.3 Å². The van der Waals surface area contributed by atoms with E-state index in [1.54, 1.807) is 6.07 Å². The number of halogens is 2. The molecule has 21 heavy (non-hydrogen) atoms. The van der Waals surface area contributed by atoms with Crippen molar-refractivity contribution < 1.29 is 18.7 Å². The maximum Gasteiger partial charge on any atom is 0.337 e. The smallest absolute Gasteiger partial charge is 0.337 e. The van der Waals surface area contributed by atoms with Crippen LogP contribution in [-0.2, 0) is 11.2 Å². The van der Waals surface area contributed by atoms with E-state index >= 15 is 0 Å². The molecule has 2 aromatic carbocycles. The Morgan fingerprint density at radius 2 is 2.05 bits per heavy atom. The molecule has 0 aromatic heterocycles. The van der Waals surface area contributed by atoms with Crippen molar-refractivity contribution in [1.29, 1.82) is 0 Å². The van der Waals surface area contributed by atoms with Crippen molar-refractivity contribution >= 4 is 17.6 Å². The molecule has 5 heteroatoms. The number of rotatable bonds is 5. The molecule has 0 aliphatic rings. The average molecular weight is 309 g/mol. The zero-order chi connectivity index (χ0) is 15.2. The fourth-order valence-electron chi connectivity index (χ4n) is 1.83. The summed E-state index contributed by atoms with van der Waals surface area (Å²) in [5, 5.41) is 0.645. The summed E-state index contributed by atoms with van der Waals surface area (Å²) < 4.78 is 23.6. The van der Waals surface area contributed by atoms with E-state index in [9.17, 15) is 9.18 Å². The van der Waals surface area contributed by atoms with E-state index in [0.29, 0.717) is 11.4 Å². The number of hydrogen-bond donors (Lipinski definition) is 0. The highest BCUT2D eigenvalue weighted by Crippen LogP contribution is 2.20. The van der Waals surface area contributed by atoms with Gasteiger partial charge in [-0.3, -0.25) is 0 Å². The van der Waals surface area contributed by atoms with Gasteiger partial charge in [-0.05, 0) is 35.9 Å². The van der Waals surface area contributed by atoms with Gasteiger partial charge in [-0.15, -0.1) is 0 Å². The van der Waals surface area contributed by atoms with E-state index < -0.39 is 11.8 Å². The highest BCUT2D eigenvalue weighted by atomic mass is 35.5. The molecule has 2 rings (SSSR count). The van der Waals surface area contributed by atoms with Gasteiger partial charge in [0.25, 0.3) is 0 Å². The molecule has 0 saturated carbocycles. The van der Waals surface area contributed by atoms with Crippen LogP contribution in [0.25, 0.3) is 0 Å². The first kappa shape index (κ1) is 15.3. The van der Waals surface area contributed by atoms with Crippen LogP contribution in [0.3, 0.4) is 0 Å². The van der Waals surface area contributed by atoms with Crippen LogP contribution < -0.4 is 4.74 Å². The molecule has 0 spiro atoms. The SMILES string of the molecule is COC(=O)c1ccc(F)c(OCCc2cccc(Cl)c2)c1. The Labute approximate surface area is 127 Å². The molecule has 0 amide bonds. The monoisotopic (exact) mass is 308 g/mol. The van der Waals surface area contributed by atoms with Gasteiger partial charge in [0, 0.05) is 11.4 Å². The summed E-state index contributed by atoms with van der Waals surface area (Å²) in [7, 11) is 1.27. The van der Waals surface area contributed by atoms with Gasteiger partial charge in [0.1, 0.15) is 0 Å². The van der Waals surface area contributed by atoms with E-state index in [0.717, 1.165) is 5.56 Å². The van der Waals surface area contributed by atoms with Gasteiger partial charge in [-0.25, -0.2) is 9.18 Å². The second-order valence-electron chi connectivity index (χ2n) is 4.37. The van der Waals surface area contributed by atoms with Crippen LogP contribution >= 0.6 is 11.6 Å². The molecule has 0 heterocycles. The number of methoxy groups -OCH3 is 1. The molecular formula is C16H14ClFO3. The Kier molecular flexibility index (Phi) is 5.17. The van der Waals surface area contributed by atoms with Crippen LogP contribution in [0.1, 0.15) is 15.9 Å². The van der Waals surface area contributed by atoms with Crippen LogP contribution in [0.5, 0.6) is 5.75 Å². The third-order valence-corrected chi connectivity index (χ3v) is 3.12. The molecule has 0 fully saturated rings. The Hall–Kier alpha value is -2.07. The van der Waals surface area contributed by atoms with Crippen LogP contribution in [0, 0.1) is 5.82 Å². The zero-order valence-electron chi connectivity index (χ0n) is 11.4. The first-order chi connectivity index (χ1) is 10.1. The Balaban J connectivity index is 2.01. The van der Waals surface area contributed by atoms with Gasteiger partial charge < -0.3 is 9.47 Å². The van der Waals surface area contributed by atoms with Crippen LogP contribution in [0.4, 0.5) is 4.39 Å². The van der Waals surface area contributed by atoms with Gasteiger partial charge in [-0.1, -0.05) is 23.7 Å². The normalized spacial score (nSPS) is 10.2. The van der Waals surface area contributed by atoms with E-state index in [1.807, 2.05) is 18.2 Å². The minimum atomic E-state index is -0.533. The van der Waals surface area contributed by atoms with Crippen molar-refractivity contribution in [2.24, 2.45) is 0 Å². The molecular weight excluding hydrogens is 295 g/mol. The topological polar surface area (TPSA) is 35.5 Å². The molecule has 3 nitrogen and oxygen atoms in total. The average Bonchev–Trinajstić information content (AvgIpc) is 2.48. The quantitative estimate of drug-likeness (QED) is 0.786. The summed E-state index contributed by atoms with van der Waals surface area (Å²) >= 11 is 5.89. The minimum Gasteiger partial charge on any atom is -0.490 e. The third-order valence-electron chi connectivity index (χ3n) is 2.89. The van der Waals surface area contributed by atoms with E-state index in [-0.39, 0.29) is 17.9 Å². The van der Waals surface area contributed by atoms with Crippen LogP contribution in [-0.4, -0.2) is 19.7 Å². The van der Waals surface area contributed by atoms with Crippen molar-refractivity contribution in [1.82, 2.24) is 0 Å². The molecule has 0 N–H and O–H groups in total. The maximum atomic E-state index is 13.6. The predicted octanol–water partition coefficient (Wildman–Crippen LogP) is 3.89. The van der Waals surface area contributed by atoms with Crippen molar-refractivity contribution in [3.63, 3.8) is 0 Å². The molecule has 0 saturated heterocycles. The molecule has 2 aromatic rings. The fraction of sp³-hybridized carbons (Fsp3) is 0.188. The van der Waals surface area contributed by atoms with Crippen molar-refractivity contribution in [3.05, 3.63) is 64.4 Å². The first-order valence-electron chi connectivity index (χ1n) is 6.35. The molecule has 0 aliphatic carbocycles. The Bertz CT molecular complexity index is 643. The number of esters is 1. The number of benzene rings is 2. The molecule has 0 radical (unpaired) electrons. The second-order valence-corrected chi connectivity index (χ2v) is 4.80. The third kappa shape index (κ3) is 4.20. The zero-order valence-corrected chi connectivity index (χ0v) is 12.2. The number of carbonyl (C=O) groups excluding carboxylic acids is 1. The van der Waals surface area contributed by atoms with Gasteiger partial charge >= 0.3 is 5.97 Å². The lowest BCUT2D eigenvalue weighted by molar-refractivity contribution is 0.0600. The highest BCUT2D eigenvalue weighted by molar-refractivity contribution is 6.30. The number of ether oxygens (including phenoxy) is 2. The fourth-order valence-corrected chi connectivity index (χ4v) is 2.04. The molecule has 0 unspecified atom stereocenters. The van der Waals surface area contributed by atoms with Crippen molar-refractivity contribution in [3.8, 4) is 5.75 Å². The van der Waals surface area contributed by atoms with E-state index in [2.05, 4.69) is 4.74 Å². The maximum absolute atomic E-state index is 13.6. The summed E-state index contributed by atoms with van der Waals surface area (Å²) in [6.07, 6.45) is 0.586. The van der Waals surface area contributed by atoms with Crippen molar-refractivity contribution in [2.45, 2.75) is 6.42 Å². The van der Waals surface area contributed by atoms with Crippen molar-refractivity contribution in [2.75, 3.05) is 13.7 Å². The molecule has 0 bridgehead atoms. The van der Waals surface area contributed by atoms with Gasteiger partial charge in [-0.2, -0.15) is 0 Å². The second kappa shape index (κ2) is 7.09. The number of carbonyl (C=O) groups is 1. The summed E-state index contributed by atoms with van der Waals surface area (Å²) in [5.74, 6) is -1.02. The number of hydrogen-bond acceptors (Lipinski definition) is 3. The molecule has 110 valence electrons. The predicted molar refractivity (Wildman–Crippen MR) is 78.4 cm³/mol. The van der Waals surface area contributed by atoms with E-state index in [1.165, 1.54) is 25.3 Å². The van der Waals surface area contributed by atoms with E-state index in [4.69, 9.17) is 16.3 Å². The summed E-state index contributed by atoms with van der Waals surface area (Å²) in [6, 6.07) is 11.2. The Morgan fingerprint density at radius 3 is 2.76 bits per heavy atom. The largest absolute Gasteiger partial charge is 0.490 e. The van der Waals surface area contributed by atoms with Gasteiger partial charge in [0.15, 0.2) is 11.6 Å². The van der Waals surface area contributed by atoms with Gasteiger partial charge in [0.2, 0.25) is 0 Å².